The Labute approximate surface area is 90.4 Å². The van der Waals surface area contributed by atoms with Crippen LogP contribution in [0, 0.1) is 5.82 Å². The van der Waals surface area contributed by atoms with Crippen molar-refractivity contribution in [3.8, 4) is 0 Å². The normalized spacial score (nSPS) is 10.4. The Kier molecular flexibility index (Phi) is 4.70. The molecule has 0 heterocycles. The van der Waals surface area contributed by atoms with E-state index >= 15 is 0 Å². The van der Waals surface area contributed by atoms with E-state index in [-0.39, 0.29) is 5.82 Å². The Morgan fingerprint density at radius 2 is 2.23 bits per heavy atom. The number of alkyl halides is 1. The molecular weight excluding hydrogens is 256 g/mol. The molecule has 0 spiro atoms. The first-order valence-electron chi connectivity index (χ1n) is 3.94. The summed E-state index contributed by atoms with van der Waals surface area (Å²) < 4.78 is 12.8. The van der Waals surface area contributed by atoms with Crippen LogP contribution in [-0.4, -0.2) is 11.9 Å². The molecule has 0 aliphatic rings. The number of hydrogen-bond acceptors (Lipinski definition) is 1. The van der Waals surface area contributed by atoms with Crippen molar-refractivity contribution in [3.63, 3.8) is 0 Å². The zero-order valence-electron chi connectivity index (χ0n) is 6.99. The molecule has 0 aliphatic carbocycles. The molecular formula is C9H10BrClFN. The van der Waals surface area contributed by atoms with Gasteiger partial charge in [-0.15, -0.1) is 0 Å². The predicted molar refractivity (Wildman–Crippen MR) is 56.9 cm³/mol. The molecule has 1 nitrogen and oxygen atoms in total. The van der Waals surface area contributed by atoms with Gasteiger partial charge in [-0.2, -0.15) is 0 Å². The van der Waals surface area contributed by atoms with Gasteiger partial charge in [-0.25, -0.2) is 4.39 Å². The van der Waals surface area contributed by atoms with Gasteiger partial charge < -0.3 is 5.32 Å². The van der Waals surface area contributed by atoms with Crippen molar-refractivity contribution in [2.45, 2.75) is 6.54 Å². The topological polar surface area (TPSA) is 12.0 Å². The van der Waals surface area contributed by atoms with Crippen molar-refractivity contribution >= 4 is 27.5 Å². The summed E-state index contributed by atoms with van der Waals surface area (Å²) in [5.74, 6) is -0.250. The number of benzene rings is 1. The Hall–Kier alpha value is -0.120. The van der Waals surface area contributed by atoms with E-state index < -0.39 is 0 Å². The fourth-order valence-corrected chi connectivity index (χ4v) is 1.43. The molecule has 1 N–H and O–H groups in total. The maximum atomic E-state index is 12.8. The quantitative estimate of drug-likeness (QED) is 0.653. The highest BCUT2D eigenvalue weighted by Gasteiger charge is 2.00. The van der Waals surface area contributed by atoms with Gasteiger partial charge >= 0.3 is 0 Å². The first-order valence-corrected chi connectivity index (χ1v) is 5.44. The third-order valence-electron chi connectivity index (χ3n) is 1.59. The molecule has 0 saturated heterocycles. The first-order chi connectivity index (χ1) is 6.24. The summed E-state index contributed by atoms with van der Waals surface area (Å²) in [5, 5.41) is 4.60. The lowest BCUT2D eigenvalue weighted by Crippen LogP contribution is -2.15. The largest absolute Gasteiger partial charge is 0.312 e. The summed E-state index contributed by atoms with van der Waals surface area (Å²) in [5.41, 5.74) is 0.794. The molecule has 0 amide bonds. The number of rotatable bonds is 4. The average Bonchev–Trinajstić information content (AvgIpc) is 2.11. The molecule has 0 bridgehead atoms. The maximum Gasteiger partial charge on any atom is 0.123 e. The van der Waals surface area contributed by atoms with Gasteiger partial charge in [-0.1, -0.05) is 27.5 Å². The molecule has 1 aromatic rings. The summed E-state index contributed by atoms with van der Waals surface area (Å²) in [4.78, 5) is 0. The summed E-state index contributed by atoms with van der Waals surface area (Å²) in [6.07, 6.45) is 0. The summed E-state index contributed by atoms with van der Waals surface area (Å²) in [6.45, 7) is 1.44. The maximum absolute atomic E-state index is 12.8. The van der Waals surface area contributed by atoms with Crippen LogP contribution in [0.5, 0.6) is 0 Å². The fraction of sp³-hybridized carbons (Fsp3) is 0.333. The van der Waals surface area contributed by atoms with Crippen LogP contribution in [0.4, 0.5) is 4.39 Å². The van der Waals surface area contributed by atoms with Crippen LogP contribution in [0.15, 0.2) is 18.2 Å². The highest BCUT2D eigenvalue weighted by Crippen LogP contribution is 2.16. The standard InChI is InChI=1S/C9H10BrClFN/c10-3-4-13-6-7-5-8(12)1-2-9(7)11/h1-2,5,13H,3-4,6H2. The molecule has 13 heavy (non-hydrogen) atoms. The van der Waals surface area contributed by atoms with Gasteiger partial charge in [-0.05, 0) is 23.8 Å². The second kappa shape index (κ2) is 5.58. The minimum atomic E-state index is -0.250. The fourth-order valence-electron chi connectivity index (χ4n) is 0.969. The highest BCUT2D eigenvalue weighted by atomic mass is 79.9. The van der Waals surface area contributed by atoms with Crippen molar-refractivity contribution in [1.29, 1.82) is 0 Å². The molecule has 0 atom stereocenters. The van der Waals surface area contributed by atoms with E-state index in [1.54, 1.807) is 6.07 Å². The molecule has 0 fully saturated rings. The zero-order valence-corrected chi connectivity index (χ0v) is 9.33. The van der Waals surface area contributed by atoms with Crippen molar-refractivity contribution < 1.29 is 4.39 Å². The Morgan fingerprint density at radius 3 is 2.92 bits per heavy atom. The van der Waals surface area contributed by atoms with Crippen LogP contribution in [0.25, 0.3) is 0 Å². The molecule has 0 unspecified atom stereocenters. The Morgan fingerprint density at radius 1 is 1.46 bits per heavy atom. The van der Waals surface area contributed by atoms with Crippen molar-refractivity contribution in [2.24, 2.45) is 0 Å². The number of hydrogen-bond donors (Lipinski definition) is 1. The third-order valence-corrected chi connectivity index (χ3v) is 2.36. The van der Waals surface area contributed by atoms with Crippen LogP contribution in [0.3, 0.4) is 0 Å². The highest BCUT2D eigenvalue weighted by molar-refractivity contribution is 9.09. The lowest BCUT2D eigenvalue weighted by atomic mass is 10.2. The van der Waals surface area contributed by atoms with Crippen molar-refractivity contribution in [1.82, 2.24) is 5.32 Å². The monoisotopic (exact) mass is 265 g/mol. The average molecular weight is 267 g/mol. The molecule has 0 aromatic heterocycles. The predicted octanol–water partition coefficient (Wildman–Crippen LogP) is 2.96. The van der Waals surface area contributed by atoms with E-state index in [1.165, 1.54) is 12.1 Å². The van der Waals surface area contributed by atoms with Gasteiger partial charge in [-0.3, -0.25) is 0 Å². The second-order valence-corrected chi connectivity index (χ2v) is 3.80. The minimum absolute atomic E-state index is 0.250. The van der Waals surface area contributed by atoms with E-state index in [4.69, 9.17) is 11.6 Å². The van der Waals surface area contributed by atoms with Crippen molar-refractivity contribution in [3.05, 3.63) is 34.6 Å². The van der Waals surface area contributed by atoms with E-state index in [2.05, 4.69) is 21.2 Å². The van der Waals surface area contributed by atoms with Crippen LogP contribution < -0.4 is 5.32 Å². The van der Waals surface area contributed by atoms with Gasteiger partial charge in [0.05, 0.1) is 0 Å². The van der Waals surface area contributed by atoms with Crippen LogP contribution >= 0.6 is 27.5 Å². The van der Waals surface area contributed by atoms with E-state index in [1.807, 2.05) is 0 Å². The molecule has 4 heteroatoms. The Bertz CT molecular complexity index is 280. The van der Waals surface area contributed by atoms with E-state index in [0.717, 1.165) is 17.4 Å². The third kappa shape index (κ3) is 3.63. The summed E-state index contributed by atoms with van der Waals surface area (Å²) in [6, 6.07) is 4.38. The summed E-state index contributed by atoms with van der Waals surface area (Å²) in [7, 11) is 0. The lowest BCUT2D eigenvalue weighted by molar-refractivity contribution is 0.622. The van der Waals surface area contributed by atoms with Gasteiger partial charge in [0.25, 0.3) is 0 Å². The molecule has 1 rings (SSSR count). The van der Waals surface area contributed by atoms with Gasteiger partial charge in [0.2, 0.25) is 0 Å². The first kappa shape index (κ1) is 11.0. The van der Waals surface area contributed by atoms with Gasteiger partial charge in [0.1, 0.15) is 5.82 Å². The Balaban J connectivity index is 2.59. The van der Waals surface area contributed by atoms with Crippen molar-refractivity contribution in [2.75, 3.05) is 11.9 Å². The second-order valence-electron chi connectivity index (χ2n) is 2.60. The molecule has 0 radical (unpaired) electrons. The molecule has 72 valence electrons. The van der Waals surface area contributed by atoms with Crippen LogP contribution in [-0.2, 0) is 6.54 Å². The molecule has 1 aromatic carbocycles. The van der Waals surface area contributed by atoms with Gasteiger partial charge in [0, 0.05) is 23.4 Å². The molecule has 0 saturated carbocycles. The lowest BCUT2D eigenvalue weighted by Gasteiger charge is -2.04. The van der Waals surface area contributed by atoms with Crippen LogP contribution in [0.1, 0.15) is 5.56 Å². The zero-order chi connectivity index (χ0) is 9.68. The smallest absolute Gasteiger partial charge is 0.123 e. The SMILES string of the molecule is Fc1ccc(Cl)c(CNCCBr)c1. The van der Waals surface area contributed by atoms with E-state index in [0.29, 0.717) is 11.6 Å². The molecule has 0 aliphatic heterocycles. The van der Waals surface area contributed by atoms with Crippen LogP contribution in [0.2, 0.25) is 5.02 Å². The van der Waals surface area contributed by atoms with E-state index in [9.17, 15) is 4.39 Å². The minimum Gasteiger partial charge on any atom is -0.312 e. The number of nitrogens with one attached hydrogen (secondary N) is 1. The van der Waals surface area contributed by atoms with Gasteiger partial charge in [0.15, 0.2) is 0 Å². The summed E-state index contributed by atoms with van der Waals surface area (Å²) >= 11 is 9.14. The number of halogens is 3.